The number of H-pyrrole nitrogens is 2. The highest BCUT2D eigenvalue weighted by atomic mass is 16.5. The minimum Gasteiger partial charge on any atom is -0.365 e. The highest BCUT2D eigenvalue weighted by Gasteiger charge is 2.20. The number of nitrogens with zero attached hydrogens (tertiary/aromatic N) is 1. The summed E-state index contributed by atoms with van der Waals surface area (Å²) in [7, 11) is 0. The Morgan fingerprint density at radius 1 is 1.36 bits per heavy atom. The minimum absolute atomic E-state index is 0.0697. The Balaban J connectivity index is 1.62. The van der Waals surface area contributed by atoms with Crippen LogP contribution in [0.25, 0.3) is 0 Å². The lowest BCUT2D eigenvalue weighted by Gasteiger charge is -2.20. The van der Waals surface area contributed by atoms with Crippen LogP contribution in [0.1, 0.15) is 57.7 Å². The van der Waals surface area contributed by atoms with E-state index in [0.29, 0.717) is 18.8 Å². The van der Waals surface area contributed by atoms with Crippen LogP contribution in [0.3, 0.4) is 0 Å². The fraction of sp³-hybridized carbons (Fsp3) is 0.800. The normalized spacial score (nSPS) is 17.9. The van der Waals surface area contributed by atoms with Gasteiger partial charge in [-0.2, -0.15) is 5.10 Å². The van der Waals surface area contributed by atoms with Gasteiger partial charge in [0.2, 0.25) is 5.91 Å². The van der Waals surface area contributed by atoms with Crippen LogP contribution in [0.2, 0.25) is 0 Å². The zero-order valence-corrected chi connectivity index (χ0v) is 13.2. The molecule has 1 aromatic heterocycles. The molecular weight excluding hydrogens is 284 g/mol. The molecule has 0 saturated heterocycles. The van der Waals surface area contributed by atoms with Crippen LogP contribution < -0.4 is 11.0 Å². The van der Waals surface area contributed by atoms with Crippen molar-refractivity contribution < 1.29 is 9.53 Å². The van der Waals surface area contributed by atoms with Crippen LogP contribution in [0, 0.1) is 0 Å². The van der Waals surface area contributed by atoms with E-state index in [-0.39, 0.29) is 17.7 Å². The molecule has 1 saturated carbocycles. The second-order valence-corrected chi connectivity index (χ2v) is 5.91. The summed E-state index contributed by atoms with van der Waals surface area (Å²) in [5, 5.41) is 9.01. The molecule has 0 radical (unpaired) electrons. The zero-order valence-electron chi connectivity index (χ0n) is 13.2. The summed E-state index contributed by atoms with van der Waals surface area (Å²) in [6.45, 7) is 2.36. The van der Waals surface area contributed by atoms with Crippen molar-refractivity contribution in [2.75, 3.05) is 6.54 Å². The molecule has 1 fully saturated rings. The zero-order chi connectivity index (χ0) is 15.8. The lowest BCUT2D eigenvalue weighted by atomic mass is 10.1. The maximum Gasteiger partial charge on any atom is 0.340 e. The van der Waals surface area contributed by atoms with Crippen molar-refractivity contribution in [3.63, 3.8) is 0 Å². The van der Waals surface area contributed by atoms with Crippen molar-refractivity contribution in [2.24, 2.45) is 0 Å². The summed E-state index contributed by atoms with van der Waals surface area (Å²) in [5.74, 6) is 0.543. The Labute approximate surface area is 130 Å². The third-order valence-corrected chi connectivity index (χ3v) is 4.01. The van der Waals surface area contributed by atoms with Gasteiger partial charge in [-0.25, -0.2) is 9.89 Å². The third kappa shape index (κ3) is 5.63. The number of hydrogen-bond acceptors (Lipinski definition) is 4. The Morgan fingerprint density at radius 3 is 2.73 bits per heavy atom. The van der Waals surface area contributed by atoms with Gasteiger partial charge < -0.3 is 10.1 Å². The van der Waals surface area contributed by atoms with Crippen molar-refractivity contribution in [1.82, 2.24) is 20.5 Å². The fourth-order valence-corrected chi connectivity index (χ4v) is 2.76. The van der Waals surface area contributed by atoms with Crippen molar-refractivity contribution >= 4 is 5.91 Å². The van der Waals surface area contributed by atoms with E-state index in [1.165, 1.54) is 25.7 Å². The summed E-state index contributed by atoms with van der Waals surface area (Å²) in [6.07, 6.45) is 8.21. The predicted molar refractivity (Wildman–Crippen MR) is 82.6 cm³/mol. The average Bonchev–Trinajstić information content (AvgIpc) is 2.74. The van der Waals surface area contributed by atoms with Gasteiger partial charge in [0.15, 0.2) is 0 Å². The van der Waals surface area contributed by atoms with Crippen molar-refractivity contribution in [1.29, 1.82) is 0 Å². The van der Waals surface area contributed by atoms with Crippen LogP contribution >= 0.6 is 0 Å². The number of ether oxygens (including phenoxy) is 1. The fourth-order valence-electron chi connectivity index (χ4n) is 2.76. The number of rotatable bonds is 7. The largest absolute Gasteiger partial charge is 0.365 e. The third-order valence-electron chi connectivity index (χ3n) is 4.01. The minimum atomic E-state index is -0.409. The summed E-state index contributed by atoms with van der Waals surface area (Å²) in [4.78, 5) is 25.5. The summed E-state index contributed by atoms with van der Waals surface area (Å²) >= 11 is 0. The number of amides is 1. The number of hydrogen-bond donors (Lipinski definition) is 3. The smallest absolute Gasteiger partial charge is 0.340 e. The molecule has 1 heterocycles. The number of carbonyl (C=O) groups excluding carboxylic acids is 1. The quantitative estimate of drug-likeness (QED) is 0.521. The van der Waals surface area contributed by atoms with Gasteiger partial charge in [0.05, 0.1) is 6.10 Å². The van der Waals surface area contributed by atoms with Gasteiger partial charge in [0, 0.05) is 13.0 Å². The van der Waals surface area contributed by atoms with Gasteiger partial charge in [0.25, 0.3) is 0 Å². The molecule has 1 atom stereocenters. The molecule has 0 unspecified atom stereocenters. The number of aromatic nitrogens is 3. The first-order chi connectivity index (χ1) is 10.6. The Morgan fingerprint density at radius 2 is 2.09 bits per heavy atom. The van der Waals surface area contributed by atoms with Gasteiger partial charge in [-0.05, 0) is 26.2 Å². The standard InChI is InChI=1S/C15H26N4O3/c1-11(22-12-7-4-2-3-5-8-12)14(20)16-10-6-9-13-17-15(21)19-18-13/h11-12H,2-10H2,1H3,(H,16,20)(H2,17,18,19,21)/t11-/m1/s1. The molecule has 124 valence electrons. The van der Waals surface area contributed by atoms with Crippen molar-refractivity contribution in [3.8, 4) is 0 Å². The van der Waals surface area contributed by atoms with Gasteiger partial charge in [-0.15, -0.1) is 0 Å². The highest BCUT2D eigenvalue weighted by molar-refractivity contribution is 5.80. The second kappa shape index (κ2) is 8.73. The van der Waals surface area contributed by atoms with E-state index in [2.05, 4.69) is 20.5 Å². The molecule has 0 spiro atoms. The summed E-state index contributed by atoms with van der Waals surface area (Å²) in [5.41, 5.74) is -0.301. The first-order valence-corrected chi connectivity index (χ1v) is 8.22. The molecule has 0 bridgehead atoms. The first-order valence-electron chi connectivity index (χ1n) is 8.22. The van der Waals surface area contributed by atoms with Crippen LogP contribution in [-0.4, -0.2) is 39.8 Å². The van der Waals surface area contributed by atoms with Gasteiger partial charge in [-0.3, -0.25) is 9.78 Å². The molecule has 0 aromatic carbocycles. The molecule has 7 heteroatoms. The molecule has 2 rings (SSSR count). The molecule has 1 aliphatic rings. The molecule has 0 aliphatic heterocycles. The summed E-state index contributed by atoms with van der Waals surface area (Å²) < 4.78 is 5.87. The number of nitrogens with one attached hydrogen (secondary N) is 3. The maximum absolute atomic E-state index is 12.0. The van der Waals surface area contributed by atoms with Crippen LogP contribution in [0.15, 0.2) is 4.79 Å². The maximum atomic E-state index is 12.0. The molecular formula is C15H26N4O3. The molecule has 7 nitrogen and oxygen atoms in total. The number of aryl methyl sites for hydroxylation is 1. The average molecular weight is 310 g/mol. The second-order valence-electron chi connectivity index (χ2n) is 5.91. The SMILES string of the molecule is C[C@@H](OC1CCCCCC1)C(=O)NCCCc1n[nH]c(=O)[nH]1. The predicted octanol–water partition coefficient (Wildman–Crippen LogP) is 1.27. The Bertz CT molecular complexity index is 503. The van der Waals surface area contributed by atoms with Crippen molar-refractivity contribution in [3.05, 3.63) is 16.3 Å². The van der Waals surface area contributed by atoms with E-state index in [1.807, 2.05) is 6.92 Å². The van der Waals surface area contributed by atoms with Crippen LogP contribution in [-0.2, 0) is 16.0 Å². The monoisotopic (exact) mass is 310 g/mol. The van der Waals surface area contributed by atoms with E-state index in [9.17, 15) is 9.59 Å². The molecule has 22 heavy (non-hydrogen) atoms. The number of carbonyl (C=O) groups is 1. The van der Waals surface area contributed by atoms with E-state index in [4.69, 9.17) is 4.74 Å². The van der Waals surface area contributed by atoms with Crippen LogP contribution in [0.4, 0.5) is 0 Å². The first kappa shape index (κ1) is 16.7. The highest BCUT2D eigenvalue weighted by Crippen LogP contribution is 2.20. The summed E-state index contributed by atoms with van der Waals surface area (Å²) in [6, 6.07) is 0. The Kier molecular flexibility index (Phi) is 6.64. The molecule has 3 N–H and O–H groups in total. The number of aromatic amines is 2. The van der Waals surface area contributed by atoms with Gasteiger partial charge in [0.1, 0.15) is 11.9 Å². The van der Waals surface area contributed by atoms with E-state index < -0.39 is 6.10 Å². The Hall–Kier alpha value is -1.63. The van der Waals surface area contributed by atoms with E-state index in [1.54, 1.807) is 0 Å². The molecule has 1 aromatic rings. The van der Waals surface area contributed by atoms with E-state index >= 15 is 0 Å². The lowest BCUT2D eigenvalue weighted by Crippen LogP contribution is -2.37. The van der Waals surface area contributed by atoms with Crippen LogP contribution in [0.5, 0.6) is 0 Å². The topological polar surface area (TPSA) is 99.9 Å². The van der Waals surface area contributed by atoms with Gasteiger partial charge >= 0.3 is 5.69 Å². The molecule has 1 aliphatic carbocycles. The van der Waals surface area contributed by atoms with Gasteiger partial charge in [-0.1, -0.05) is 25.7 Å². The van der Waals surface area contributed by atoms with E-state index in [0.717, 1.165) is 19.3 Å². The molecule has 1 amide bonds. The lowest BCUT2D eigenvalue weighted by molar-refractivity contribution is -0.135. The van der Waals surface area contributed by atoms with Crippen molar-refractivity contribution in [2.45, 2.75) is 70.5 Å².